The van der Waals surface area contributed by atoms with Gasteiger partial charge < -0.3 is 4.90 Å². The van der Waals surface area contributed by atoms with Crippen LogP contribution in [0.25, 0.3) is 0 Å². The summed E-state index contributed by atoms with van der Waals surface area (Å²) in [6.45, 7) is 2.82. The molecule has 0 N–H and O–H groups in total. The molecule has 6 nitrogen and oxygen atoms in total. The summed E-state index contributed by atoms with van der Waals surface area (Å²) in [6.07, 6.45) is 7.14. The number of nitriles is 2. The Hall–Kier alpha value is -4.91. The first-order valence-electron chi connectivity index (χ1n) is 11.7. The third kappa shape index (κ3) is 7.30. The maximum Gasteiger partial charge on any atom is 0.254 e. The molecule has 0 atom stereocenters. The van der Waals surface area contributed by atoms with E-state index in [0.29, 0.717) is 40.2 Å². The van der Waals surface area contributed by atoms with E-state index in [0.717, 1.165) is 31.2 Å². The van der Waals surface area contributed by atoms with Crippen LogP contribution in [0.15, 0.2) is 54.9 Å². The van der Waals surface area contributed by atoms with Crippen molar-refractivity contribution in [1.29, 1.82) is 10.5 Å². The average Bonchev–Trinajstić information content (AvgIpc) is 2.93. The van der Waals surface area contributed by atoms with Crippen molar-refractivity contribution < 1.29 is 4.79 Å². The summed E-state index contributed by atoms with van der Waals surface area (Å²) >= 11 is 0. The van der Waals surface area contributed by atoms with Crippen molar-refractivity contribution in [3.05, 3.63) is 94.1 Å². The zero-order valence-corrected chi connectivity index (χ0v) is 20.4. The fraction of sp³-hybridized carbons (Fsp3) is 0.233. The van der Waals surface area contributed by atoms with Gasteiger partial charge in [-0.25, -0.2) is 9.97 Å². The highest BCUT2D eigenvalue weighted by Gasteiger charge is 2.15. The highest BCUT2D eigenvalue weighted by Crippen LogP contribution is 2.15. The molecule has 0 fully saturated rings. The van der Waals surface area contributed by atoms with Crippen LogP contribution in [0.3, 0.4) is 0 Å². The molecule has 1 heterocycles. The van der Waals surface area contributed by atoms with E-state index < -0.39 is 0 Å². The Morgan fingerprint density at radius 2 is 1.44 bits per heavy atom. The number of carbonyl (C=O) groups is 1. The predicted molar refractivity (Wildman–Crippen MR) is 137 cm³/mol. The van der Waals surface area contributed by atoms with Crippen molar-refractivity contribution in [3.63, 3.8) is 0 Å². The molecular formula is C30H25N5O. The summed E-state index contributed by atoms with van der Waals surface area (Å²) in [4.78, 5) is 23.2. The van der Waals surface area contributed by atoms with Crippen LogP contribution in [0, 0.1) is 46.3 Å². The number of amides is 1. The van der Waals surface area contributed by atoms with Crippen molar-refractivity contribution in [2.45, 2.75) is 32.6 Å². The van der Waals surface area contributed by atoms with Crippen LogP contribution in [-0.2, 0) is 0 Å². The Morgan fingerprint density at radius 1 is 0.806 bits per heavy atom. The van der Waals surface area contributed by atoms with Gasteiger partial charge in [0, 0.05) is 42.7 Å². The Labute approximate surface area is 212 Å². The predicted octanol–water partition coefficient (Wildman–Crippen LogP) is 4.67. The number of carbonyl (C=O) groups excluding carboxylic acids is 1. The van der Waals surface area contributed by atoms with Gasteiger partial charge in [-0.3, -0.25) is 4.79 Å². The summed E-state index contributed by atoms with van der Waals surface area (Å²) in [6, 6.07) is 16.4. The Kier molecular flexibility index (Phi) is 9.35. The molecule has 1 aromatic heterocycles. The highest BCUT2D eigenvalue weighted by molar-refractivity contribution is 5.97. The number of hydrogen-bond acceptors (Lipinski definition) is 5. The van der Waals surface area contributed by atoms with Crippen LogP contribution in [0.4, 0.5) is 0 Å². The van der Waals surface area contributed by atoms with E-state index in [4.69, 9.17) is 10.5 Å². The summed E-state index contributed by atoms with van der Waals surface area (Å²) < 4.78 is 0. The van der Waals surface area contributed by atoms with E-state index in [1.807, 2.05) is 6.07 Å². The summed E-state index contributed by atoms with van der Waals surface area (Å²) in [5, 5.41) is 17.9. The molecule has 0 unspecified atom stereocenters. The minimum absolute atomic E-state index is 0.117. The molecule has 0 spiro atoms. The molecule has 0 saturated carbocycles. The number of hydrogen-bond donors (Lipinski definition) is 0. The zero-order chi connectivity index (χ0) is 25.8. The lowest BCUT2D eigenvalue weighted by Gasteiger charge is -2.18. The van der Waals surface area contributed by atoms with Crippen LogP contribution in [0.2, 0.25) is 0 Å². The largest absolute Gasteiger partial charge is 0.342 e. The maximum atomic E-state index is 13.3. The molecule has 0 bridgehead atoms. The third-order valence-electron chi connectivity index (χ3n) is 5.40. The Bertz CT molecular complexity index is 1420. The van der Waals surface area contributed by atoms with Crippen LogP contribution < -0.4 is 0 Å². The quantitative estimate of drug-likeness (QED) is 0.385. The van der Waals surface area contributed by atoms with Crippen LogP contribution in [-0.4, -0.2) is 34.4 Å². The van der Waals surface area contributed by atoms with Crippen molar-refractivity contribution in [3.8, 4) is 35.8 Å². The first-order valence-corrected chi connectivity index (χ1v) is 11.7. The van der Waals surface area contributed by atoms with Gasteiger partial charge in [0.15, 0.2) is 0 Å². The SMILES string of the molecule is CCCCCCN(C)C(=O)c1cc(C#Cc2ncc(C#N)cn2)ccc1C#Cc1ccc(C#N)cc1. The van der Waals surface area contributed by atoms with Crippen LogP contribution >= 0.6 is 0 Å². The Balaban J connectivity index is 1.91. The molecule has 0 radical (unpaired) electrons. The maximum absolute atomic E-state index is 13.3. The molecule has 2 aromatic carbocycles. The zero-order valence-electron chi connectivity index (χ0n) is 20.4. The van der Waals surface area contributed by atoms with Crippen molar-refractivity contribution in [1.82, 2.24) is 14.9 Å². The fourth-order valence-corrected chi connectivity index (χ4v) is 3.34. The topological polar surface area (TPSA) is 93.7 Å². The van der Waals surface area contributed by atoms with Crippen molar-refractivity contribution in [2.24, 2.45) is 0 Å². The third-order valence-corrected chi connectivity index (χ3v) is 5.40. The summed E-state index contributed by atoms with van der Waals surface area (Å²) in [5.74, 6) is 12.2. The molecule has 176 valence electrons. The molecule has 0 aliphatic rings. The van der Waals surface area contributed by atoms with E-state index in [2.05, 4.69) is 46.6 Å². The van der Waals surface area contributed by atoms with Gasteiger partial charge in [-0.05, 0) is 54.8 Å². The minimum Gasteiger partial charge on any atom is -0.342 e. The van der Waals surface area contributed by atoms with E-state index in [9.17, 15) is 4.79 Å². The van der Waals surface area contributed by atoms with Crippen molar-refractivity contribution >= 4 is 5.91 Å². The number of aromatic nitrogens is 2. The molecule has 0 aliphatic heterocycles. The monoisotopic (exact) mass is 471 g/mol. The van der Waals surface area contributed by atoms with Gasteiger partial charge in [-0.2, -0.15) is 10.5 Å². The molecule has 6 heteroatoms. The lowest BCUT2D eigenvalue weighted by molar-refractivity contribution is 0.0792. The smallest absolute Gasteiger partial charge is 0.254 e. The number of benzene rings is 2. The second-order valence-corrected chi connectivity index (χ2v) is 8.14. The number of nitrogens with zero attached hydrogens (tertiary/aromatic N) is 5. The summed E-state index contributed by atoms with van der Waals surface area (Å²) in [7, 11) is 1.80. The number of unbranched alkanes of at least 4 members (excludes halogenated alkanes) is 3. The molecule has 3 aromatic rings. The summed E-state index contributed by atoms with van der Waals surface area (Å²) in [5.41, 5.74) is 3.39. The van der Waals surface area contributed by atoms with Gasteiger partial charge >= 0.3 is 0 Å². The minimum atomic E-state index is -0.117. The number of rotatable bonds is 6. The molecule has 1 amide bonds. The standard InChI is InChI=1S/C30H25N5O/c1-3-4-5-6-17-35(2)30(36)28-18-24(13-16-29-33-21-26(20-32)22-34-29)12-15-27(28)14-11-23-7-9-25(19-31)10-8-23/h7-10,12,15,18,21-22H,3-6,17H2,1-2H3. The van der Waals surface area contributed by atoms with E-state index in [1.54, 1.807) is 54.4 Å². The van der Waals surface area contributed by atoms with E-state index in [1.165, 1.54) is 12.4 Å². The second-order valence-electron chi connectivity index (χ2n) is 8.14. The Morgan fingerprint density at radius 3 is 2.11 bits per heavy atom. The molecular weight excluding hydrogens is 446 g/mol. The van der Waals surface area contributed by atoms with Crippen LogP contribution in [0.1, 0.15) is 76.6 Å². The van der Waals surface area contributed by atoms with Gasteiger partial charge in [0.1, 0.15) is 6.07 Å². The lowest BCUT2D eigenvalue weighted by Crippen LogP contribution is -2.28. The highest BCUT2D eigenvalue weighted by atomic mass is 16.2. The van der Waals surface area contributed by atoms with Gasteiger partial charge in [0.25, 0.3) is 5.91 Å². The van der Waals surface area contributed by atoms with Crippen LogP contribution in [0.5, 0.6) is 0 Å². The molecule has 0 saturated heterocycles. The van der Waals surface area contributed by atoms with Gasteiger partial charge in [-0.1, -0.05) is 43.9 Å². The molecule has 0 aliphatic carbocycles. The fourth-order valence-electron chi connectivity index (χ4n) is 3.34. The van der Waals surface area contributed by atoms with E-state index in [-0.39, 0.29) is 5.91 Å². The first kappa shape index (κ1) is 25.7. The lowest BCUT2D eigenvalue weighted by atomic mass is 10.0. The van der Waals surface area contributed by atoms with Gasteiger partial charge in [-0.15, -0.1) is 0 Å². The molecule has 3 rings (SSSR count). The normalized spacial score (nSPS) is 9.56. The molecule has 36 heavy (non-hydrogen) atoms. The van der Waals surface area contributed by atoms with Crippen molar-refractivity contribution in [2.75, 3.05) is 13.6 Å². The van der Waals surface area contributed by atoms with Gasteiger partial charge in [0.2, 0.25) is 5.82 Å². The van der Waals surface area contributed by atoms with Gasteiger partial charge in [0.05, 0.1) is 22.8 Å². The second kappa shape index (κ2) is 13.1. The first-order chi connectivity index (χ1) is 17.5. The van der Waals surface area contributed by atoms with E-state index >= 15 is 0 Å². The average molecular weight is 472 g/mol.